The van der Waals surface area contributed by atoms with E-state index in [1.54, 1.807) is 11.6 Å². The van der Waals surface area contributed by atoms with Crippen LogP contribution in [0.2, 0.25) is 0 Å². The first-order valence-corrected chi connectivity index (χ1v) is 20.3. The first kappa shape index (κ1) is 37.7. The summed E-state index contributed by atoms with van der Waals surface area (Å²) in [6.45, 7) is 13.5. The monoisotopic (exact) mass is 750 g/mol. The molecule has 0 aliphatic heterocycles. The van der Waals surface area contributed by atoms with Crippen molar-refractivity contribution in [3.05, 3.63) is 193 Å². The summed E-state index contributed by atoms with van der Waals surface area (Å²) in [6, 6.07) is 44.3. The summed E-state index contributed by atoms with van der Waals surface area (Å²) >= 11 is -2.37. The number of benzene rings is 6. The van der Waals surface area contributed by atoms with Crippen LogP contribution in [0.5, 0.6) is 0 Å². The number of halogens is 2. The Kier molecular flexibility index (Phi) is 11.3. The molecule has 8 rings (SSSR count). The molecule has 0 nitrogen and oxygen atoms in total. The average Bonchev–Trinajstić information content (AvgIpc) is 3.75. The molecule has 2 aliphatic carbocycles. The Bertz CT molecular complexity index is 2330. The van der Waals surface area contributed by atoms with Gasteiger partial charge in [-0.3, -0.25) is 0 Å². The van der Waals surface area contributed by atoms with Crippen molar-refractivity contribution in [2.24, 2.45) is 0 Å². The van der Waals surface area contributed by atoms with Gasteiger partial charge in [-0.05, 0) is 0 Å². The number of hydrogen-bond donors (Lipinski definition) is 0. The van der Waals surface area contributed by atoms with Crippen molar-refractivity contribution in [1.29, 1.82) is 0 Å². The molecule has 0 amide bonds. The predicted octanol–water partition coefficient (Wildman–Crippen LogP) is 5.81. The largest absolute Gasteiger partial charge is 1.00 e. The summed E-state index contributed by atoms with van der Waals surface area (Å²) < 4.78 is 4.75. The molecule has 0 aromatic heterocycles. The predicted molar refractivity (Wildman–Crippen MR) is 212 cm³/mol. The second kappa shape index (κ2) is 15.5. The van der Waals surface area contributed by atoms with E-state index in [4.69, 9.17) is 0 Å². The first-order chi connectivity index (χ1) is 24.3. The number of allylic oxidation sites excluding steroid dienone is 4. The van der Waals surface area contributed by atoms with Gasteiger partial charge in [0.05, 0.1) is 0 Å². The van der Waals surface area contributed by atoms with E-state index in [-0.39, 0.29) is 24.8 Å². The molecule has 2 aliphatic rings. The third kappa shape index (κ3) is 6.91. The van der Waals surface area contributed by atoms with Crippen LogP contribution in [0.3, 0.4) is 0 Å². The van der Waals surface area contributed by atoms with E-state index < -0.39 is 17.4 Å². The molecule has 0 atom stereocenters. The van der Waals surface area contributed by atoms with Crippen LogP contribution in [0.15, 0.2) is 137 Å². The summed E-state index contributed by atoms with van der Waals surface area (Å²) in [4.78, 5) is 0. The Morgan fingerprint density at radius 2 is 1.06 bits per heavy atom. The van der Waals surface area contributed by atoms with Crippen LogP contribution >= 0.6 is 0 Å². The van der Waals surface area contributed by atoms with E-state index in [1.807, 2.05) is 0 Å². The maximum Gasteiger partial charge on any atom is -1.00 e. The fourth-order valence-corrected chi connectivity index (χ4v) is 13.9. The van der Waals surface area contributed by atoms with Crippen LogP contribution < -0.4 is 28.7 Å². The summed E-state index contributed by atoms with van der Waals surface area (Å²) in [7, 11) is 0. The first-order valence-electron chi connectivity index (χ1n) is 17.9. The summed E-state index contributed by atoms with van der Waals surface area (Å²) in [6.07, 6.45) is 9.12. The van der Waals surface area contributed by atoms with E-state index in [1.165, 1.54) is 89.0 Å². The number of aryl methyl sites for hydroxylation is 6. The van der Waals surface area contributed by atoms with E-state index in [0.717, 1.165) is 12.8 Å². The van der Waals surface area contributed by atoms with E-state index >= 15 is 0 Å². The van der Waals surface area contributed by atoms with Gasteiger partial charge in [-0.1, -0.05) is 0 Å². The molecule has 0 fully saturated rings. The molecule has 0 N–H and O–H groups in total. The van der Waals surface area contributed by atoms with Crippen molar-refractivity contribution in [2.75, 3.05) is 0 Å². The van der Waals surface area contributed by atoms with Gasteiger partial charge in [0.2, 0.25) is 0 Å². The fraction of sp³-hybridized carbons (Fsp3) is 0.163. The number of hydrogen-bond acceptors (Lipinski definition) is 0. The van der Waals surface area contributed by atoms with Gasteiger partial charge in [0.1, 0.15) is 0 Å². The molecule has 0 heterocycles. The smallest absolute Gasteiger partial charge is 1.00 e. The number of rotatable bonds is 6. The van der Waals surface area contributed by atoms with Gasteiger partial charge in [0.15, 0.2) is 0 Å². The topological polar surface area (TPSA) is 0 Å². The van der Waals surface area contributed by atoms with Gasteiger partial charge >= 0.3 is 306 Å². The third-order valence-corrected chi connectivity index (χ3v) is 15.5. The van der Waals surface area contributed by atoms with Gasteiger partial charge in [-0.15, -0.1) is 0 Å². The molecule has 52 heavy (non-hydrogen) atoms. The molecule has 0 saturated heterocycles. The Balaban J connectivity index is 0.00000232. The second-order valence-corrected chi connectivity index (χ2v) is 18.2. The molecular formula is C49H44Cl2Ti. The van der Waals surface area contributed by atoms with Crippen LogP contribution in [0.1, 0.15) is 62.1 Å². The van der Waals surface area contributed by atoms with E-state index in [2.05, 4.69) is 175 Å². The summed E-state index contributed by atoms with van der Waals surface area (Å²) in [5.41, 5.74) is 22.0. The van der Waals surface area contributed by atoms with E-state index in [0.29, 0.717) is 0 Å². The number of fused-ring (bicyclic) bond motifs is 3. The molecule has 258 valence electrons. The summed E-state index contributed by atoms with van der Waals surface area (Å²) in [5.74, 6) is 0. The SMILES string of the molecule is Cc1cc(C)c(-c2ccc3c(c2)-c2cc(-c4c(C)cc(C)cc4C)c[c]([Ti+2]([C]4=CC=CC4)=[C](c4ccccc4)c4ccccc4)c2C3)c(C)c1.[Cl-].[Cl-]. The van der Waals surface area contributed by atoms with Crippen molar-refractivity contribution in [3.8, 4) is 33.4 Å². The van der Waals surface area contributed by atoms with Crippen LogP contribution in [0.4, 0.5) is 0 Å². The minimum absolute atomic E-state index is 0. The van der Waals surface area contributed by atoms with Crippen LogP contribution in [0, 0.1) is 41.5 Å². The van der Waals surface area contributed by atoms with Crippen molar-refractivity contribution < 1.29 is 42.2 Å². The van der Waals surface area contributed by atoms with Crippen molar-refractivity contribution in [1.82, 2.24) is 0 Å². The maximum atomic E-state index is 2.63. The Morgan fingerprint density at radius 1 is 0.538 bits per heavy atom. The molecule has 0 radical (unpaired) electrons. The molecule has 3 heteroatoms. The van der Waals surface area contributed by atoms with Gasteiger partial charge in [-0.25, -0.2) is 0 Å². The zero-order valence-corrected chi connectivity index (χ0v) is 33.9. The van der Waals surface area contributed by atoms with Gasteiger partial charge in [0, 0.05) is 0 Å². The molecule has 0 bridgehead atoms. The Hall–Kier alpha value is -4.04. The standard InChI is InChI=1S/C31H29.C13H10.C5H5.2ClH.Ti/c1-18-11-20(3)30(21(4)12-18)26-9-7-24-15-25-8-10-27(17-29(25)28(24)16-26)31-22(5)13-19(2)14-23(31)6;1-3-7-12(8-4-1)11-13-9-5-2-6-10-13;1-2-4-5-3-1;;;/h7,9-14,16-17H,15H2,1-6H3;1-10H;1-3H,4H2;2*1H;/q;;;;;+2/p-2. The Morgan fingerprint density at radius 3 is 1.58 bits per heavy atom. The third-order valence-electron chi connectivity index (χ3n) is 10.7. The van der Waals surface area contributed by atoms with Crippen LogP contribution in [0.25, 0.3) is 33.4 Å². The summed E-state index contributed by atoms with van der Waals surface area (Å²) in [5, 5.41) is 0. The average molecular weight is 752 g/mol. The van der Waals surface area contributed by atoms with Gasteiger partial charge < -0.3 is 24.8 Å². The molecule has 0 saturated carbocycles. The molecular weight excluding hydrogens is 707 g/mol. The minimum Gasteiger partial charge on any atom is -1.00 e. The normalized spacial score (nSPS) is 12.2. The molecule has 6 aromatic carbocycles. The quantitative estimate of drug-likeness (QED) is 0.189. The van der Waals surface area contributed by atoms with Crippen molar-refractivity contribution in [3.63, 3.8) is 0 Å². The maximum absolute atomic E-state index is 2.63. The zero-order valence-electron chi connectivity index (χ0n) is 30.9. The van der Waals surface area contributed by atoms with Crippen LogP contribution in [-0.4, -0.2) is 3.81 Å². The van der Waals surface area contributed by atoms with Gasteiger partial charge in [-0.2, -0.15) is 0 Å². The molecule has 0 spiro atoms. The Labute approximate surface area is 328 Å². The zero-order chi connectivity index (χ0) is 34.5. The minimum atomic E-state index is -2.37. The fourth-order valence-electron chi connectivity index (χ4n) is 8.83. The van der Waals surface area contributed by atoms with Crippen molar-refractivity contribution in [2.45, 2.75) is 54.4 Å². The van der Waals surface area contributed by atoms with Crippen molar-refractivity contribution >= 4 is 7.68 Å². The van der Waals surface area contributed by atoms with Crippen LogP contribution in [-0.2, 0) is 23.8 Å². The van der Waals surface area contributed by atoms with E-state index in [9.17, 15) is 0 Å². The second-order valence-electron chi connectivity index (χ2n) is 14.5. The van der Waals surface area contributed by atoms with Gasteiger partial charge in [0.25, 0.3) is 0 Å². The molecule has 0 unspecified atom stereocenters. The molecule has 6 aromatic rings.